The number of furan rings is 1. The zero-order chi connectivity index (χ0) is 40.5. The summed E-state index contributed by atoms with van der Waals surface area (Å²) in [5.41, 5.74) is 14.4. The Balaban J connectivity index is 1.42. The summed E-state index contributed by atoms with van der Waals surface area (Å²) in [5.74, 6) is -0.242. The number of hydrogen-bond donors (Lipinski definition) is 0. The molecule has 0 unspecified atom stereocenters. The molecule has 0 amide bonds. The fourth-order valence-electron chi connectivity index (χ4n) is 9.45. The van der Waals surface area contributed by atoms with Crippen LogP contribution in [-0.4, -0.2) is 6.71 Å². The molecule has 1 aromatic heterocycles. The average Bonchev–Trinajstić information content (AvgIpc) is 3.59. The molecule has 10 rings (SSSR count). The van der Waals surface area contributed by atoms with Crippen LogP contribution in [0.1, 0.15) is 85.4 Å². The molecule has 0 saturated carbocycles. The minimum atomic E-state index is -0.242. The maximum atomic E-state index is 17.0. The summed E-state index contributed by atoms with van der Waals surface area (Å²) in [6.07, 6.45) is 0.944. The van der Waals surface area contributed by atoms with Crippen molar-refractivity contribution in [2.24, 2.45) is 0 Å². The molecule has 7 aromatic carbocycles. The summed E-state index contributed by atoms with van der Waals surface area (Å²) < 4.78 is 23.7. The average molecular weight is 761 g/mol. The number of anilines is 6. The SMILES string of the molecule is CCC(C)(C)c1cc2c3c(c1)N(c1cc(C(C)(C)C)ccc1F)c1c(ccc4ccccc14)B3c1c(ccc3oc4ccccc4c13)N2c1cccc(C(C)(C)C)c1. The Bertz CT molecular complexity index is 2980. The van der Waals surface area contributed by atoms with Gasteiger partial charge in [-0.3, -0.25) is 0 Å². The van der Waals surface area contributed by atoms with Gasteiger partial charge in [-0.2, -0.15) is 0 Å². The molecule has 2 aliphatic heterocycles. The highest BCUT2D eigenvalue weighted by Gasteiger charge is 2.46. The van der Waals surface area contributed by atoms with E-state index in [1.165, 1.54) is 22.1 Å². The van der Waals surface area contributed by atoms with E-state index in [2.05, 4.69) is 181 Å². The van der Waals surface area contributed by atoms with Gasteiger partial charge in [-0.05, 0) is 116 Å². The van der Waals surface area contributed by atoms with Gasteiger partial charge in [-0.1, -0.05) is 135 Å². The van der Waals surface area contributed by atoms with Gasteiger partial charge in [-0.25, -0.2) is 4.39 Å². The Kier molecular flexibility index (Phi) is 7.93. The van der Waals surface area contributed by atoms with Crippen molar-refractivity contribution in [1.82, 2.24) is 0 Å². The van der Waals surface area contributed by atoms with Crippen LogP contribution in [0.15, 0.2) is 132 Å². The van der Waals surface area contributed by atoms with Crippen LogP contribution in [0.4, 0.5) is 38.5 Å². The second kappa shape index (κ2) is 12.6. The first kappa shape index (κ1) is 36.5. The molecule has 2 aliphatic rings. The predicted octanol–water partition coefficient (Wildman–Crippen LogP) is 13.2. The summed E-state index contributed by atoms with van der Waals surface area (Å²) in [6, 6.07) is 45.6. The number of nitrogens with zero attached hydrogens (tertiary/aromatic N) is 2. The van der Waals surface area contributed by atoms with Gasteiger partial charge in [0.05, 0.1) is 5.69 Å². The van der Waals surface area contributed by atoms with E-state index in [4.69, 9.17) is 4.42 Å². The first-order valence-electron chi connectivity index (χ1n) is 20.8. The standard InChI is InChI=1S/C53H50BFN2O/c1-10-53(8,9)35-30-43-48-44(31-35)57(42-29-34(52(5,6)7)23-25-40(42)55)50-37-19-12-11-16-32(37)22-24-39(50)54(48)49-41(56(43)36-18-15-17-33(28-36)51(2,3)4)26-27-46-47(49)38-20-13-14-21-45(38)58-46/h11-31H,10H2,1-9H3. The zero-order valence-corrected chi connectivity index (χ0v) is 35.1. The van der Waals surface area contributed by atoms with Crippen molar-refractivity contribution in [2.75, 3.05) is 9.80 Å². The van der Waals surface area contributed by atoms with Crippen molar-refractivity contribution < 1.29 is 8.81 Å². The lowest BCUT2D eigenvalue weighted by Crippen LogP contribution is -2.61. The fourth-order valence-corrected chi connectivity index (χ4v) is 9.45. The summed E-state index contributed by atoms with van der Waals surface area (Å²) in [7, 11) is 0. The second-order valence-electron chi connectivity index (χ2n) is 19.2. The molecule has 3 heterocycles. The summed E-state index contributed by atoms with van der Waals surface area (Å²) in [5, 5.41) is 4.44. The van der Waals surface area contributed by atoms with Crippen LogP contribution in [0.5, 0.6) is 0 Å². The third kappa shape index (κ3) is 5.39. The summed E-state index contributed by atoms with van der Waals surface area (Å²) in [6.45, 7) is 20.2. The number of fused-ring (bicyclic) bond motifs is 10. The molecule has 0 atom stereocenters. The molecule has 8 aromatic rings. The maximum absolute atomic E-state index is 17.0. The lowest BCUT2D eigenvalue weighted by atomic mass is 9.32. The molecule has 0 bridgehead atoms. The van der Waals surface area contributed by atoms with Gasteiger partial charge in [-0.15, -0.1) is 0 Å². The molecular weight excluding hydrogens is 710 g/mol. The lowest BCUT2D eigenvalue weighted by molar-refractivity contribution is 0.506. The predicted molar refractivity (Wildman–Crippen MR) is 246 cm³/mol. The molecule has 0 saturated heterocycles. The Labute approximate surface area is 342 Å². The third-order valence-corrected chi connectivity index (χ3v) is 13.2. The normalized spacial score (nSPS) is 14.0. The van der Waals surface area contributed by atoms with Crippen molar-refractivity contribution in [1.29, 1.82) is 0 Å². The van der Waals surface area contributed by atoms with Crippen LogP contribution in [0.2, 0.25) is 0 Å². The number of para-hydroxylation sites is 1. The number of hydrogen-bond acceptors (Lipinski definition) is 3. The number of benzene rings is 7. The van der Waals surface area contributed by atoms with Crippen LogP contribution in [0, 0.1) is 5.82 Å². The molecule has 0 aliphatic carbocycles. The van der Waals surface area contributed by atoms with E-state index in [9.17, 15) is 0 Å². The summed E-state index contributed by atoms with van der Waals surface area (Å²) >= 11 is 0. The minimum Gasteiger partial charge on any atom is -0.456 e. The van der Waals surface area contributed by atoms with E-state index >= 15 is 4.39 Å². The fraction of sp³-hybridized carbons (Fsp3) is 0.245. The third-order valence-electron chi connectivity index (χ3n) is 13.2. The van der Waals surface area contributed by atoms with Gasteiger partial charge in [0.1, 0.15) is 17.0 Å². The van der Waals surface area contributed by atoms with E-state index in [1.807, 2.05) is 12.1 Å². The van der Waals surface area contributed by atoms with Crippen molar-refractivity contribution in [2.45, 2.75) is 85.0 Å². The molecule has 5 heteroatoms. The largest absolute Gasteiger partial charge is 0.456 e. The monoisotopic (exact) mass is 760 g/mol. The van der Waals surface area contributed by atoms with E-state index in [-0.39, 0.29) is 28.8 Å². The molecular formula is C53H50BFN2O. The van der Waals surface area contributed by atoms with Gasteiger partial charge in [0.15, 0.2) is 0 Å². The highest BCUT2D eigenvalue weighted by atomic mass is 19.1. The van der Waals surface area contributed by atoms with E-state index < -0.39 is 0 Å². The van der Waals surface area contributed by atoms with Gasteiger partial charge >= 0.3 is 0 Å². The van der Waals surface area contributed by atoms with Crippen LogP contribution in [0.3, 0.4) is 0 Å². The minimum absolute atomic E-state index is 0.0558. The Morgan fingerprint density at radius 3 is 1.97 bits per heavy atom. The Morgan fingerprint density at radius 2 is 1.22 bits per heavy atom. The topological polar surface area (TPSA) is 19.6 Å². The highest BCUT2D eigenvalue weighted by molar-refractivity contribution is 7.02. The molecule has 0 fully saturated rings. The van der Waals surface area contributed by atoms with E-state index in [1.54, 1.807) is 6.07 Å². The molecule has 58 heavy (non-hydrogen) atoms. The van der Waals surface area contributed by atoms with Crippen molar-refractivity contribution in [3.8, 4) is 0 Å². The molecule has 3 nitrogen and oxygen atoms in total. The van der Waals surface area contributed by atoms with Crippen LogP contribution in [0.25, 0.3) is 32.7 Å². The van der Waals surface area contributed by atoms with E-state index in [0.717, 1.165) is 78.6 Å². The van der Waals surface area contributed by atoms with Crippen molar-refractivity contribution >= 4 is 89.9 Å². The van der Waals surface area contributed by atoms with Gasteiger partial charge in [0.2, 0.25) is 0 Å². The van der Waals surface area contributed by atoms with Crippen molar-refractivity contribution in [3.63, 3.8) is 0 Å². The summed E-state index contributed by atoms with van der Waals surface area (Å²) in [4.78, 5) is 4.76. The zero-order valence-electron chi connectivity index (χ0n) is 35.1. The maximum Gasteiger partial charge on any atom is 0.253 e. The smallest absolute Gasteiger partial charge is 0.253 e. The number of rotatable bonds is 4. The van der Waals surface area contributed by atoms with Crippen LogP contribution >= 0.6 is 0 Å². The Hall–Kier alpha value is -5.81. The van der Waals surface area contributed by atoms with Gasteiger partial charge in [0, 0.05) is 44.6 Å². The van der Waals surface area contributed by atoms with Crippen LogP contribution in [-0.2, 0) is 16.2 Å². The Morgan fingerprint density at radius 1 is 0.552 bits per heavy atom. The molecule has 288 valence electrons. The second-order valence-corrected chi connectivity index (χ2v) is 19.2. The van der Waals surface area contributed by atoms with Gasteiger partial charge in [0.25, 0.3) is 6.71 Å². The molecule has 0 spiro atoms. The molecule has 0 N–H and O–H groups in total. The lowest BCUT2D eigenvalue weighted by Gasteiger charge is -2.46. The first-order valence-corrected chi connectivity index (χ1v) is 20.8. The number of halogens is 1. The first-order chi connectivity index (χ1) is 27.7. The van der Waals surface area contributed by atoms with Gasteiger partial charge < -0.3 is 14.2 Å². The molecule has 0 radical (unpaired) electrons. The van der Waals surface area contributed by atoms with E-state index in [0.29, 0.717) is 5.69 Å². The quantitative estimate of drug-likeness (QED) is 0.167. The van der Waals surface area contributed by atoms with Crippen LogP contribution < -0.4 is 26.2 Å². The highest BCUT2D eigenvalue weighted by Crippen LogP contribution is 2.50. The van der Waals surface area contributed by atoms with Crippen molar-refractivity contribution in [3.05, 3.63) is 150 Å².